The van der Waals surface area contributed by atoms with E-state index in [9.17, 15) is 0 Å². The Labute approximate surface area is 63.6 Å². The summed E-state index contributed by atoms with van der Waals surface area (Å²) in [5.74, 6) is 0. The van der Waals surface area contributed by atoms with E-state index in [-0.39, 0.29) is 0 Å². The van der Waals surface area contributed by atoms with Crippen LogP contribution in [0.4, 0.5) is 0 Å². The summed E-state index contributed by atoms with van der Waals surface area (Å²) in [5, 5.41) is 1.04. The summed E-state index contributed by atoms with van der Waals surface area (Å²) < 4.78 is 0. The van der Waals surface area contributed by atoms with E-state index in [1.165, 1.54) is 6.20 Å². The molecule has 47 valence electrons. The van der Waals surface area contributed by atoms with Crippen molar-refractivity contribution in [2.24, 2.45) is 0 Å². The molecule has 0 aliphatic heterocycles. The zero-order valence-electron chi connectivity index (χ0n) is 4.56. The molecule has 0 N–H and O–H groups in total. The molecule has 0 unspecified atom stereocenters. The zero-order chi connectivity index (χ0) is 6.85. The first-order valence-corrected chi connectivity index (χ1v) is 3.09. The predicted octanol–water partition coefficient (Wildman–Crippen LogP) is 2.57. The fourth-order valence-electron chi connectivity index (χ4n) is 0.443. The summed E-state index contributed by atoms with van der Waals surface area (Å²) in [7, 11) is 0. The molecule has 0 amide bonds. The van der Waals surface area contributed by atoms with Crippen LogP contribution in [0.5, 0.6) is 0 Å². The van der Waals surface area contributed by atoms with Gasteiger partial charge in [-0.1, -0.05) is 23.2 Å². The van der Waals surface area contributed by atoms with Crippen molar-refractivity contribution in [3.05, 3.63) is 34.9 Å². The van der Waals surface area contributed by atoms with Crippen molar-refractivity contribution in [3.8, 4) is 0 Å². The van der Waals surface area contributed by atoms with Crippen molar-refractivity contribution in [1.82, 2.24) is 4.98 Å². The van der Waals surface area contributed by atoms with Crippen molar-refractivity contribution in [2.45, 2.75) is 0 Å². The van der Waals surface area contributed by atoms with Gasteiger partial charge in [0, 0.05) is 6.20 Å². The van der Waals surface area contributed by atoms with Gasteiger partial charge in [0.05, 0.1) is 15.7 Å². The lowest BCUT2D eigenvalue weighted by Gasteiger charge is -1.93. The average molecular weight is 161 g/mol. The summed E-state index contributed by atoms with van der Waals surface area (Å²) in [6.07, 6.45) is 1.51. The van der Waals surface area contributed by atoms with Crippen LogP contribution in [0.15, 0.2) is 12.3 Å². The van der Waals surface area contributed by atoms with Crippen molar-refractivity contribution in [1.29, 1.82) is 0 Å². The molecular formula is C6H4Cl2N. The van der Waals surface area contributed by atoms with Gasteiger partial charge in [-0.25, -0.2) is 0 Å². The quantitative estimate of drug-likeness (QED) is 0.569. The molecule has 0 bridgehead atoms. The standard InChI is InChI=1S/C6H4Cl2N/c1-4-6(8)2-5(7)3-9-4/h2-3H,1H2. The summed E-state index contributed by atoms with van der Waals surface area (Å²) in [6, 6.07) is 1.61. The first-order valence-electron chi connectivity index (χ1n) is 2.33. The Morgan fingerprint density at radius 2 is 2.11 bits per heavy atom. The Morgan fingerprint density at radius 3 is 2.56 bits per heavy atom. The van der Waals surface area contributed by atoms with Gasteiger partial charge in [-0.15, -0.1) is 0 Å². The Hall–Kier alpha value is -0.270. The molecule has 0 saturated heterocycles. The van der Waals surface area contributed by atoms with Crippen LogP contribution in [0.2, 0.25) is 10.0 Å². The summed E-state index contributed by atoms with van der Waals surface area (Å²) >= 11 is 11.1. The van der Waals surface area contributed by atoms with E-state index in [1.807, 2.05) is 0 Å². The summed E-state index contributed by atoms with van der Waals surface area (Å²) in [5.41, 5.74) is 0.557. The highest BCUT2D eigenvalue weighted by Gasteiger charge is 1.94. The van der Waals surface area contributed by atoms with Gasteiger partial charge in [-0.05, 0) is 13.0 Å². The normalized spacial score (nSPS) is 9.67. The number of pyridine rings is 1. The Bertz CT molecular complexity index is 222. The molecular weight excluding hydrogens is 157 g/mol. The van der Waals surface area contributed by atoms with Crippen molar-refractivity contribution in [2.75, 3.05) is 0 Å². The average Bonchev–Trinajstić information content (AvgIpc) is 1.80. The topological polar surface area (TPSA) is 12.9 Å². The van der Waals surface area contributed by atoms with Gasteiger partial charge in [0.1, 0.15) is 0 Å². The number of aromatic nitrogens is 1. The Morgan fingerprint density at radius 1 is 1.44 bits per heavy atom. The first kappa shape index (κ1) is 6.84. The van der Waals surface area contributed by atoms with E-state index in [1.54, 1.807) is 6.07 Å². The molecule has 3 heteroatoms. The number of nitrogens with zero attached hydrogens (tertiary/aromatic N) is 1. The van der Waals surface area contributed by atoms with Crippen LogP contribution < -0.4 is 0 Å². The molecule has 0 aromatic carbocycles. The maximum atomic E-state index is 5.60. The van der Waals surface area contributed by atoms with E-state index in [0.717, 1.165) is 0 Å². The van der Waals surface area contributed by atoms with Crippen molar-refractivity contribution in [3.63, 3.8) is 0 Å². The van der Waals surface area contributed by atoms with Gasteiger partial charge in [0.25, 0.3) is 0 Å². The molecule has 0 spiro atoms. The zero-order valence-corrected chi connectivity index (χ0v) is 6.08. The second kappa shape index (κ2) is 2.54. The minimum Gasteiger partial charge on any atom is -0.258 e. The lowest BCUT2D eigenvalue weighted by atomic mass is 10.4. The van der Waals surface area contributed by atoms with Crippen LogP contribution in [0, 0.1) is 6.92 Å². The van der Waals surface area contributed by atoms with E-state index in [4.69, 9.17) is 23.2 Å². The maximum absolute atomic E-state index is 5.60. The Kier molecular flexibility index (Phi) is 1.94. The fraction of sp³-hybridized carbons (Fsp3) is 0. The minimum absolute atomic E-state index is 0.502. The molecule has 1 rings (SSSR count). The monoisotopic (exact) mass is 160 g/mol. The second-order valence-electron chi connectivity index (χ2n) is 1.58. The lowest BCUT2D eigenvalue weighted by Crippen LogP contribution is -1.79. The molecule has 1 heterocycles. The number of hydrogen-bond donors (Lipinski definition) is 0. The molecule has 0 aliphatic rings. The predicted molar refractivity (Wildman–Crippen MR) is 38.7 cm³/mol. The van der Waals surface area contributed by atoms with Crippen LogP contribution in [0.25, 0.3) is 0 Å². The molecule has 1 aromatic rings. The van der Waals surface area contributed by atoms with Gasteiger partial charge in [-0.3, -0.25) is 4.98 Å². The van der Waals surface area contributed by atoms with Crippen molar-refractivity contribution < 1.29 is 0 Å². The highest BCUT2D eigenvalue weighted by Crippen LogP contribution is 2.16. The van der Waals surface area contributed by atoms with Crippen LogP contribution in [-0.4, -0.2) is 4.98 Å². The SMILES string of the molecule is [CH2]c1ncc(Cl)cc1Cl. The third-order valence-electron chi connectivity index (χ3n) is 0.884. The molecule has 0 atom stereocenters. The maximum Gasteiger partial charge on any atom is 0.0636 e. The molecule has 0 saturated carbocycles. The Balaban J connectivity index is 3.17. The number of rotatable bonds is 0. The van der Waals surface area contributed by atoms with Crippen LogP contribution in [0.3, 0.4) is 0 Å². The number of halogens is 2. The highest BCUT2D eigenvalue weighted by molar-refractivity contribution is 6.34. The third kappa shape index (κ3) is 1.57. The molecule has 0 aliphatic carbocycles. The van der Waals surface area contributed by atoms with Gasteiger partial charge < -0.3 is 0 Å². The molecule has 1 radical (unpaired) electrons. The van der Waals surface area contributed by atoms with E-state index in [0.29, 0.717) is 15.7 Å². The smallest absolute Gasteiger partial charge is 0.0636 e. The van der Waals surface area contributed by atoms with Gasteiger partial charge >= 0.3 is 0 Å². The van der Waals surface area contributed by atoms with Gasteiger partial charge in [0.2, 0.25) is 0 Å². The second-order valence-corrected chi connectivity index (χ2v) is 2.43. The van der Waals surface area contributed by atoms with Gasteiger partial charge in [0.15, 0.2) is 0 Å². The van der Waals surface area contributed by atoms with Crippen LogP contribution in [-0.2, 0) is 0 Å². The number of hydrogen-bond acceptors (Lipinski definition) is 1. The molecule has 9 heavy (non-hydrogen) atoms. The largest absolute Gasteiger partial charge is 0.258 e. The van der Waals surface area contributed by atoms with Crippen LogP contribution in [0.1, 0.15) is 5.69 Å². The molecule has 1 nitrogen and oxygen atoms in total. The summed E-state index contributed by atoms with van der Waals surface area (Å²) in [4.78, 5) is 3.80. The van der Waals surface area contributed by atoms with Gasteiger partial charge in [-0.2, -0.15) is 0 Å². The van der Waals surface area contributed by atoms with E-state index < -0.39 is 0 Å². The molecule has 1 aromatic heterocycles. The third-order valence-corrected chi connectivity index (χ3v) is 1.42. The van der Waals surface area contributed by atoms with E-state index >= 15 is 0 Å². The van der Waals surface area contributed by atoms with Crippen LogP contribution >= 0.6 is 23.2 Å². The summed E-state index contributed by atoms with van der Waals surface area (Å²) in [6.45, 7) is 3.56. The minimum atomic E-state index is 0.502. The first-order chi connectivity index (χ1) is 4.20. The van der Waals surface area contributed by atoms with E-state index in [2.05, 4.69) is 11.9 Å². The molecule has 0 fully saturated rings. The van der Waals surface area contributed by atoms with Crippen molar-refractivity contribution >= 4 is 23.2 Å². The highest BCUT2D eigenvalue weighted by atomic mass is 35.5. The lowest BCUT2D eigenvalue weighted by molar-refractivity contribution is 1.27. The fourth-order valence-corrected chi connectivity index (χ4v) is 0.823.